The molecule has 88 valence electrons. The molecule has 0 radical (unpaired) electrons. The van der Waals surface area contributed by atoms with Gasteiger partial charge in [0.25, 0.3) is 0 Å². The number of rotatable bonds is 6. The van der Waals surface area contributed by atoms with Gasteiger partial charge in [-0.25, -0.2) is 0 Å². The Bertz CT molecular complexity index is 216. The quantitative estimate of drug-likeness (QED) is 0.661. The van der Waals surface area contributed by atoms with Crippen molar-refractivity contribution in [2.24, 2.45) is 5.92 Å². The first-order valence-corrected chi connectivity index (χ1v) is 5.56. The Morgan fingerprint density at radius 2 is 2.13 bits per heavy atom. The lowest BCUT2D eigenvalue weighted by molar-refractivity contribution is -0.147. The van der Waals surface area contributed by atoms with E-state index >= 15 is 0 Å². The predicted molar refractivity (Wildman–Crippen MR) is 57.5 cm³/mol. The Morgan fingerprint density at radius 1 is 1.53 bits per heavy atom. The first-order chi connectivity index (χ1) is 7.11. The minimum absolute atomic E-state index is 0.136. The molecule has 1 aliphatic rings. The fraction of sp³-hybridized carbons (Fsp3) is 0.909. The Balaban J connectivity index is 2.53. The number of carbonyl (C=O) groups is 1. The lowest BCUT2D eigenvalue weighted by Crippen LogP contribution is -2.43. The van der Waals surface area contributed by atoms with E-state index < -0.39 is 0 Å². The SMILES string of the molecule is COC(=O)C(C)C(C)N(CCO)C1CC1. The van der Waals surface area contributed by atoms with Crippen molar-refractivity contribution in [2.75, 3.05) is 20.3 Å². The summed E-state index contributed by atoms with van der Waals surface area (Å²) < 4.78 is 4.73. The van der Waals surface area contributed by atoms with E-state index in [1.165, 1.54) is 20.0 Å². The Kier molecular flexibility index (Phi) is 4.54. The maximum Gasteiger partial charge on any atom is 0.309 e. The molecule has 0 aromatic heterocycles. The van der Waals surface area contributed by atoms with Crippen LogP contribution < -0.4 is 0 Å². The monoisotopic (exact) mass is 215 g/mol. The zero-order valence-corrected chi connectivity index (χ0v) is 9.77. The summed E-state index contributed by atoms with van der Waals surface area (Å²) in [6.45, 7) is 4.70. The van der Waals surface area contributed by atoms with Gasteiger partial charge in [-0.3, -0.25) is 9.69 Å². The Morgan fingerprint density at radius 3 is 2.53 bits per heavy atom. The summed E-state index contributed by atoms with van der Waals surface area (Å²) >= 11 is 0. The van der Waals surface area contributed by atoms with Crippen molar-refractivity contribution in [3.05, 3.63) is 0 Å². The highest BCUT2D eigenvalue weighted by molar-refractivity contribution is 5.72. The molecule has 2 atom stereocenters. The zero-order chi connectivity index (χ0) is 11.4. The number of aliphatic hydroxyl groups is 1. The molecule has 1 saturated carbocycles. The number of ether oxygens (including phenoxy) is 1. The van der Waals surface area contributed by atoms with Gasteiger partial charge in [0.1, 0.15) is 0 Å². The second-order valence-electron chi connectivity index (χ2n) is 4.25. The molecule has 4 heteroatoms. The number of hydrogen-bond donors (Lipinski definition) is 1. The van der Waals surface area contributed by atoms with Crippen molar-refractivity contribution in [3.8, 4) is 0 Å². The third kappa shape index (κ3) is 3.18. The van der Waals surface area contributed by atoms with Crippen LogP contribution in [0.5, 0.6) is 0 Å². The summed E-state index contributed by atoms with van der Waals surface area (Å²) in [5.41, 5.74) is 0. The van der Waals surface area contributed by atoms with Crippen LogP contribution in [0.15, 0.2) is 0 Å². The maximum atomic E-state index is 11.4. The summed E-state index contributed by atoms with van der Waals surface area (Å²) in [7, 11) is 1.42. The van der Waals surface area contributed by atoms with Crippen LogP contribution in [0.2, 0.25) is 0 Å². The van der Waals surface area contributed by atoms with Crippen LogP contribution in [0.25, 0.3) is 0 Å². The minimum Gasteiger partial charge on any atom is -0.469 e. The van der Waals surface area contributed by atoms with Gasteiger partial charge in [-0.1, -0.05) is 6.92 Å². The highest BCUT2D eigenvalue weighted by Gasteiger charge is 2.35. The van der Waals surface area contributed by atoms with E-state index in [2.05, 4.69) is 4.90 Å². The van der Waals surface area contributed by atoms with Gasteiger partial charge in [-0.05, 0) is 19.8 Å². The van der Waals surface area contributed by atoms with Gasteiger partial charge in [-0.2, -0.15) is 0 Å². The molecular weight excluding hydrogens is 194 g/mol. The van der Waals surface area contributed by atoms with E-state index in [0.29, 0.717) is 12.6 Å². The molecule has 0 aromatic rings. The van der Waals surface area contributed by atoms with Gasteiger partial charge in [0.2, 0.25) is 0 Å². The van der Waals surface area contributed by atoms with Crippen LogP contribution in [-0.4, -0.2) is 48.3 Å². The number of nitrogens with zero attached hydrogens (tertiary/aromatic N) is 1. The summed E-state index contributed by atoms with van der Waals surface area (Å²) in [5.74, 6) is -0.312. The highest BCUT2D eigenvalue weighted by atomic mass is 16.5. The van der Waals surface area contributed by atoms with Gasteiger partial charge < -0.3 is 9.84 Å². The molecule has 15 heavy (non-hydrogen) atoms. The highest BCUT2D eigenvalue weighted by Crippen LogP contribution is 2.30. The summed E-state index contributed by atoms with van der Waals surface area (Å²) in [6, 6.07) is 0.691. The maximum absolute atomic E-state index is 11.4. The van der Waals surface area contributed by atoms with E-state index in [0.717, 1.165) is 0 Å². The molecule has 0 spiro atoms. The van der Waals surface area contributed by atoms with E-state index in [1.54, 1.807) is 0 Å². The fourth-order valence-corrected chi connectivity index (χ4v) is 1.91. The standard InChI is InChI=1S/C11H21NO3/c1-8(11(14)15-3)9(2)12(6-7-13)10-4-5-10/h8-10,13H,4-7H2,1-3H3. The van der Waals surface area contributed by atoms with Crippen molar-refractivity contribution in [2.45, 2.75) is 38.8 Å². The molecular formula is C11H21NO3. The molecule has 1 N–H and O–H groups in total. The molecule has 0 amide bonds. The number of aliphatic hydroxyl groups excluding tert-OH is 1. The van der Waals surface area contributed by atoms with Gasteiger partial charge in [0.15, 0.2) is 0 Å². The molecule has 1 rings (SSSR count). The lowest BCUT2D eigenvalue weighted by Gasteiger charge is -2.31. The van der Waals surface area contributed by atoms with Crippen LogP contribution >= 0.6 is 0 Å². The molecule has 4 nitrogen and oxygen atoms in total. The van der Waals surface area contributed by atoms with Gasteiger partial charge in [0.05, 0.1) is 19.6 Å². The largest absolute Gasteiger partial charge is 0.469 e. The molecule has 1 aliphatic carbocycles. The third-order valence-corrected chi connectivity index (χ3v) is 3.19. The van der Waals surface area contributed by atoms with Crippen LogP contribution in [0.3, 0.4) is 0 Å². The van der Waals surface area contributed by atoms with E-state index in [-0.39, 0.29) is 24.5 Å². The lowest BCUT2D eigenvalue weighted by atomic mass is 10.0. The second kappa shape index (κ2) is 5.47. The number of hydrogen-bond acceptors (Lipinski definition) is 4. The molecule has 0 heterocycles. The van der Waals surface area contributed by atoms with Crippen LogP contribution in [-0.2, 0) is 9.53 Å². The van der Waals surface area contributed by atoms with Gasteiger partial charge in [0, 0.05) is 18.6 Å². The van der Waals surface area contributed by atoms with Gasteiger partial charge >= 0.3 is 5.97 Å². The first kappa shape index (κ1) is 12.5. The Labute approximate surface area is 91.2 Å². The van der Waals surface area contributed by atoms with Crippen molar-refractivity contribution >= 4 is 5.97 Å². The number of carbonyl (C=O) groups excluding carboxylic acids is 1. The van der Waals surface area contributed by atoms with Crippen molar-refractivity contribution in [1.29, 1.82) is 0 Å². The average Bonchev–Trinajstić information content (AvgIpc) is 3.06. The summed E-state index contributed by atoms with van der Waals surface area (Å²) in [5, 5.41) is 8.98. The fourth-order valence-electron chi connectivity index (χ4n) is 1.91. The predicted octanol–water partition coefficient (Wildman–Crippen LogP) is 0.641. The normalized spacial score (nSPS) is 20.1. The molecule has 0 aromatic carbocycles. The summed E-state index contributed by atoms with van der Waals surface area (Å²) in [6.07, 6.45) is 2.36. The van der Waals surface area contributed by atoms with Crippen molar-refractivity contribution in [3.63, 3.8) is 0 Å². The first-order valence-electron chi connectivity index (χ1n) is 5.56. The summed E-state index contributed by atoms with van der Waals surface area (Å²) in [4.78, 5) is 13.6. The zero-order valence-electron chi connectivity index (χ0n) is 9.77. The molecule has 0 saturated heterocycles. The topological polar surface area (TPSA) is 49.8 Å². The Hall–Kier alpha value is -0.610. The smallest absolute Gasteiger partial charge is 0.309 e. The molecule has 0 bridgehead atoms. The van der Waals surface area contributed by atoms with Crippen LogP contribution in [0.1, 0.15) is 26.7 Å². The molecule has 2 unspecified atom stereocenters. The molecule has 0 aliphatic heterocycles. The van der Waals surface area contributed by atoms with Crippen LogP contribution in [0.4, 0.5) is 0 Å². The minimum atomic E-state index is -0.175. The second-order valence-corrected chi connectivity index (χ2v) is 4.25. The number of methoxy groups -OCH3 is 1. The average molecular weight is 215 g/mol. The van der Waals surface area contributed by atoms with Crippen LogP contribution in [0, 0.1) is 5.92 Å². The molecule has 1 fully saturated rings. The van der Waals surface area contributed by atoms with Gasteiger partial charge in [-0.15, -0.1) is 0 Å². The van der Waals surface area contributed by atoms with E-state index in [9.17, 15) is 4.79 Å². The van der Waals surface area contributed by atoms with E-state index in [4.69, 9.17) is 9.84 Å². The van der Waals surface area contributed by atoms with E-state index in [1.807, 2.05) is 13.8 Å². The third-order valence-electron chi connectivity index (χ3n) is 3.19. The van der Waals surface area contributed by atoms with Crippen molar-refractivity contribution in [1.82, 2.24) is 4.90 Å². The van der Waals surface area contributed by atoms with Crippen molar-refractivity contribution < 1.29 is 14.6 Å². The number of esters is 1.